The summed E-state index contributed by atoms with van der Waals surface area (Å²) in [6, 6.07) is 2.00. The predicted molar refractivity (Wildman–Crippen MR) is 59.3 cm³/mol. The minimum absolute atomic E-state index is 0.403. The van der Waals surface area contributed by atoms with Crippen molar-refractivity contribution >= 4 is 28.6 Å². The highest BCUT2D eigenvalue weighted by molar-refractivity contribution is 7.14. The van der Waals surface area contributed by atoms with Gasteiger partial charge in [0.15, 0.2) is 0 Å². The molecule has 2 nitrogen and oxygen atoms in total. The Hall–Kier alpha value is -1.13. The van der Waals surface area contributed by atoms with Gasteiger partial charge in [0, 0.05) is 21.2 Å². The molecule has 0 saturated heterocycles. The molecule has 0 amide bonds. The molecule has 72 valence electrons. The first-order chi connectivity index (χ1) is 6.70. The Morgan fingerprint density at radius 2 is 2.21 bits per heavy atom. The van der Waals surface area contributed by atoms with Crippen LogP contribution in [0.25, 0.3) is 10.4 Å². The first kappa shape index (κ1) is 9.43. The molecule has 0 bridgehead atoms. The van der Waals surface area contributed by atoms with Crippen LogP contribution in [-0.2, 0) is 0 Å². The lowest BCUT2D eigenvalue weighted by molar-refractivity contribution is 0.0698. The van der Waals surface area contributed by atoms with E-state index in [1.54, 1.807) is 16.7 Å². The first-order valence-electron chi connectivity index (χ1n) is 4.04. The summed E-state index contributed by atoms with van der Waals surface area (Å²) in [7, 11) is 0. The second kappa shape index (κ2) is 3.55. The summed E-state index contributed by atoms with van der Waals surface area (Å²) in [5.74, 6) is -0.853. The molecule has 0 unspecified atom stereocenters. The lowest BCUT2D eigenvalue weighted by atomic mass is 10.1. The maximum Gasteiger partial charge on any atom is 0.337 e. The van der Waals surface area contributed by atoms with Gasteiger partial charge in [0.2, 0.25) is 0 Å². The molecule has 0 spiro atoms. The average Bonchev–Trinajstić information content (AvgIpc) is 2.70. The van der Waals surface area contributed by atoms with Crippen molar-refractivity contribution in [2.75, 3.05) is 0 Å². The van der Waals surface area contributed by atoms with Crippen LogP contribution >= 0.6 is 22.7 Å². The third-order valence-corrected chi connectivity index (χ3v) is 3.79. The molecule has 0 aromatic carbocycles. The molecular weight excluding hydrogens is 216 g/mol. The Labute approximate surface area is 89.5 Å². The summed E-state index contributed by atoms with van der Waals surface area (Å²) in [5.41, 5.74) is 2.38. The predicted octanol–water partition coefficient (Wildman–Crippen LogP) is 3.48. The van der Waals surface area contributed by atoms with Crippen LogP contribution < -0.4 is 0 Å². The summed E-state index contributed by atoms with van der Waals surface area (Å²) in [6.45, 7) is 2.00. The molecule has 0 atom stereocenters. The molecule has 0 radical (unpaired) electrons. The first-order valence-corrected chi connectivity index (χ1v) is 5.86. The molecule has 4 heteroatoms. The van der Waals surface area contributed by atoms with Gasteiger partial charge in [-0.1, -0.05) is 0 Å². The van der Waals surface area contributed by atoms with E-state index < -0.39 is 5.97 Å². The minimum Gasteiger partial charge on any atom is -0.478 e. The largest absolute Gasteiger partial charge is 0.478 e. The number of thiophene rings is 2. The summed E-state index contributed by atoms with van der Waals surface area (Å²) in [4.78, 5) is 12.0. The number of hydrogen-bond acceptors (Lipinski definition) is 3. The fourth-order valence-corrected chi connectivity index (χ4v) is 3.13. The lowest BCUT2D eigenvalue weighted by Crippen LogP contribution is -1.95. The fourth-order valence-electron chi connectivity index (χ4n) is 1.29. The van der Waals surface area contributed by atoms with Gasteiger partial charge < -0.3 is 5.11 Å². The van der Waals surface area contributed by atoms with Crippen LogP contribution in [0, 0.1) is 6.92 Å². The van der Waals surface area contributed by atoms with Gasteiger partial charge in [-0.15, -0.1) is 11.3 Å². The zero-order valence-corrected chi connectivity index (χ0v) is 9.11. The highest BCUT2D eigenvalue weighted by Crippen LogP contribution is 2.33. The van der Waals surface area contributed by atoms with Crippen molar-refractivity contribution in [3.05, 3.63) is 33.3 Å². The van der Waals surface area contributed by atoms with Gasteiger partial charge in [-0.25, -0.2) is 4.79 Å². The van der Waals surface area contributed by atoms with E-state index in [1.165, 1.54) is 11.3 Å². The summed E-state index contributed by atoms with van der Waals surface area (Å²) >= 11 is 3.01. The zero-order valence-electron chi connectivity index (χ0n) is 7.48. The van der Waals surface area contributed by atoms with Crippen molar-refractivity contribution in [2.24, 2.45) is 0 Å². The van der Waals surface area contributed by atoms with Gasteiger partial charge in [-0.2, -0.15) is 11.3 Å². The number of carboxylic acids is 1. The van der Waals surface area contributed by atoms with E-state index in [2.05, 4.69) is 0 Å². The van der Waals surface area contributed by atoms with E-state index >= 15 is 0 Å². The van der Waals surface area contributed by atoms with Gasteiger partial charge in [0.1, 0.15) is 0 Å². The molecule has 0 aliphatic heterocycles. The fraction of sp³-hybridized carbons (Fsp3) is 0.100. The van der Waals surface area contributed by atoms with Crippen molar-refractivity contribution in [3.63, 3.8) is 0 Å². The average molecular weight is 224 g/mol. The third kappa shape index (κ3) is 1.47. The molecule has 0 aliphatic carbocycles. The summed E-state index contributed by atoms with van der Waals surface area (Å²) in [6.07, 6.45) is 0. The number of carbonyl (C=O) groups is 1. The number of carboxylic acid groups (broad SMARTS) is 1. The van der Waals surface area contributed by atoms with E-state index in [-0.39, 0.29) is 0 Å². The van der Waals surface area contributed by atoms with Crippen molar-refractivity contribution in [2.45, 2.75) is 6.92 Å². The van der Waals surface area contributed by atoms with Crippen LogP contribution in [0.15, 0.2) is 22.2 Å². The van der Waals surface area contributed by atoms with Crippen LogP contribution in [0.1, 0.15) is 15.9 Å². The molecule has 2 rings (SSSR count). The molecule has 14 heavy (non-hydrogen) atoms. The standard InChI is InChI=1S/C10H8O2S2/c1-6-2-3-14-9(6)7-4-13-5-8(7)10(11)12/h2-5H,1H3,(H,11,12). The van der Waals surface area contributed by atoms with Crippen LogP contribution in [0.3, 0.4) is 0 Å². The van der Waals surface area contributed by atoms with E-state index in [9.17, 15) is 4.79 Å². The smallest absolute Gasteiger partial charge is 0.337 e. The Balaban J connectivity index is 2.57. The number of aromatic carboxylic acids is 1. The maximum absolute atomic E-state index is 10.9. The van der Waals surface area contributed by atoms with E-state index in [0.717, 1.165) is 16.0 Å². The van der Waals surface area contributed by atoms with Gasteiger partial charge in [0.25, 0.3) is 0 Å². The van der Waals surface area contributed by atoms with Crippen molar-refractivity contribution < 1.29 is 9.90 Å². The van der Waals surface area contributed by atoms with Gasteiger partial charge in [-0.05, 0) is 23.9 Å². The number of aryl methyl sites for hydroxylation is 1. The Kier molecular flexibility index (Phi) is 2.39. The highest BCUT2D eigenvalue weighted by Gasteiger charge is 2.14. The zero-order chi connectivity index (χ0) is 10.1. The molecule has 0 aliphatic rings. The van der Waals surface area contributed by atoms with Crippen LogP contribution in [0.4, 0.5) is 0 Å². The Morgan fingerprint density at radius 1 is 1.43 bits per heavy atom. The molecule has 0 fully saturated rings. The Bertz CT molecular complexity index is 468. The normalized spacial score (nSPS) is 10.4. The molecule has 2 heterocycles. The molecule has 2 aromatic rings. The number of rotatable bonds is 2. The molecule has 1 N–H and O–H groups in total. The maximum atomic E-state index is 10.9. The van der Waals surface area contributed by atoms with Crippen LogP contribution in [-0.4, -0.2) is 11.1 Å². The lowest BCUT2D eigenvalue weighted by Gasteiger charge is -1.98. The quantitative estimate of drug-likeness (QED) is 0.847. The van der Waals surface area contributed by atoms with Crippen molar-refractivity contribution in [1.82, 2.24) is 0 Å². The second-order valence-electron chi connectivity index (χ2n) is 2.94. The second-order valence-corrected chi connectivity index (χ2v) is 4.60. The SMILES string of the molecule is Cc1ccsc1-c1cscc1C(=O)O. The molecular formula is C10H8O2S2. The van der Waals surface area contributed by atoms with Crippen molar-refractivity contribution in [1.29, 1.82) is 0 Å². The van der Waals surface area contributed by atoms with Gasteiger partial charge >= 0.3 is 5.97 Å². The van der Waals surface area contributed by atoms with Gasteiger partial charge in [-0.3, -0.25) is 0 Å². The van der Waals surface area contributed by atoms with E-state index in [4.69, 9.17) is 5.11 Å². The summed E-state index contributed by atoms with van der Waals surface area (Å²) < 4.78 is 0. The van der Waals surface area contributed by atoms with Crippen molar-refractivity contribution in [3.8, 4) is 10.4 Å². The Morgan fingerprint density at radius 3 is 2.79 bits per heavy atom. The van der Waals surface area contributed by atoms with Crippen LogP contribution in [0.2, 0.25) is 0 Å². The number of hydrogen-bond donors (Lipinski definition) is 1. The van der Waals surface area contributed by atoms with E-state index in [1.807, 2.05) is 23.8 Å². The third-order valence-electron chi connectivity index (χ3n) is 2.00. The highest BCUT2D eigenvalue weighted by atomic mass is 32.1. The topological polar surface area (TPSA) is 37.3 Å². The van der Waals surface area contributed by atoms with E-state index in [0.29, 0.717) is 5.56 Å². The monoisotopic (exact) mass is 224 g/mol. The van der Waals surface area contributed by atoms with Gasteiger partial charge in [0.05, 0.1) is 5.56 Å². The minimum atomic E-state index is -0.853. The summed E-state index contributed by atoms with van der Waals surface area (Å²) in [5, 5.41) is 14.5. The molecule has 0 saturated carbocycles. The van der Waals surface area contributed by atoms with Crippen LogP contribution in [0.5, 0.6) is 0 Å². The molecule has 2 aromatic heterocycles.